The summed E-state index contributed by atoms with van der Waals surface area (Å²) in [6.45, 7) is 4.37. The number of carbonyl (C=O) groups is 1. The highest BCUT2D eigenvalue weighted by molar-refractivity contribution is 5.80. The Bertz CT molecular complexity index is 436. The van der Waals surface area contributed by atoms with Crippen molar-refractivity contribution >= 4 is 5.97 Å². The number of hydrogen-bond acceptors (Lipinski definition) is 5. The number of carbonyl (C=O) groups excluding carboxylic acids is 1. The monoisotopic (exact) mass is 281 g/mol. The Labute approximate surface area is 120 Å². The Kier molecular flexibility index (Phi) is 6.31. The zero-order chi connectivity index (χ0) is 15.0. The Morgan fingerprint density at radius 3 is 2.65 bits per heavy atom. The Morgan fingerprint density at radius 2 is 2.05 bits per heavy atom. The minimum Gasteiger partial charge on any atom is -0.497 e. The van der Waals surface area contributed by atoms with Crippen LogP contribution in [0, 0.1) is 0 Å². The van der Waals surface area contributed by atoms with Gasteiger partial charge in [-0.05, 0) is 33.0 Å². The Morgan fingerprint density at radius 1 is 1.35 bits per heavy atom. The molecule has 1 rings (SSSR count). The van der Waals surface area contributed by atoms with Crippen LogP contribution in [0.2, 0.25) is 0 Å². The van der Waals surface area contributed by atoms with Crippen LogP contribution in [0.3, 0.4) is 0 Å². The van der Waals surface area contributed by atoms with Gasteiger partial charge >= 0.3 is 5.97 Å². The van der Waals surface area contributed by atoms with Crippen molar-refractivity contribution in [3.05, 3.63) is 24.3 Å². The predicted octanol–water partition coefficient (Wildman–Crippen LogP) is 2.01. The van der Waals surface area contributed by atoms with Gasteiger partial charge in [-0.3, -0.25) is 4.79 Å². The number of hydrogen-bond donors (Lipinski definition) is 1. The van der Waals surface area contributed by atoms with E-state index < -0.39 is 5.54 Å². The van der Waals surface area contributed by atoms with E-state index in [4.69, 9.17) is 14.2 Å². The van der Waals surface area contributed by atoms with Gasteiger partial charge in [0.15, 0.2) is 0 Å². The van der Waals surface area contributed by atoms with Crippen LogP contribution in [0.25, 0.3) is 0 Å². The number of esters is 1. The molecule has 20 heavy (non-hydrogen) atoms. The van der Waals surface area contributed by atoms with Gasteiger partial charge in [0, 0.05) is 12.5 Å². The van der Waals surface area contributed by atoms with Gasteiger partial charge in [-0.2, -0.15) is 0 Å². The van der Waals surface area contributed by atoms with Crippen LogP contribution in [-0.4, -0.2) is 38.9 Å². The molecule has 0 heterocycles. The molecule has 0 aliphatic heterocycles. The largest absolute Gasteiger partial charge is 0.497 e. The summed E-state index contributed by atoms with van der Waals surface area (Å²) in [5, 5.41) is 2.99. The Hall–Kier alpha value is -1.75. The fraction of sp³-hybridized carbons (Fsp3) is 0.533. The summed E-state index contributed by atoms with van der Waals surface area (Å²) in [7, 11) is 3.35. The normalized spacial score (nSPS) is 13.4. The summed E-state index contributed by atoms with van der Waals surface area (Å²) in [5.41, 5.74) is -0.741. The van der Waals surface area contributed by atoms with Crippen LogP contribution in [-0.2, 0) is 9.53 Å². The van der Waals surface area contributed by atoms with Crippen LogP contribution in [0.1, 0.15) is 20.3 Å². The molecule has 0 bridgehead atoms. The standard InChI is InChI=1S/C15H23NO4/c1-5-19-14(17)15(2,16-3)9-10-20-13-8-6-7-12(11-13)18-4/h6-8,11,16H,5,9-10H2,1-4H3. The molecule has 0 radical (unpaired) electrons. The second-order valence-corrected chi connectivity index (χ2v) is 4.58. The van der Waals surface area contributed by atoms with Gasteiger partial charge in [0.05, 0.1) is 20.3 Å². The molecular formula is C15H23NO4. The highest BCUT2D eigenvalue weighted by Gasteiger charge is 2.32. The van der Waals surface area contributed by atoms with Gasteiger partial charge in [-0.15, -0.1) is 0 Å². The molecule has 5 heteroatoms. The average Bonchev–Trinajstić information content (AvgIpc) is 2.47. The fourth-order valence-electron chi connectivity index (χ4n) is 1.68. The van der Waals surface area contributed by atoms with E-state index in [2.05, 4.69) is 5.32 Å². The molecule has 1 aromatic rings. The third-order valence-electron chi connectivity index (χ3n) is 3.19. The SMILES string of the molecule is CCOC(=O)C(C)(CCOc1cccc(OC)c1)NC. The molecule has 0 spiro atoms. The van der Waals surface area contributed by atoms with Crippen molar-refractivity contribution in [2.75, 3.05) is 27.4 Å². The second-order valence-electron chi connectivity index (χ2n) is 4.58. The first kappa shape index (κ1) is 16.3. The number of ether oxygens (including phenoxy) is 3. The van der Waals surface area contributed by atoms with Crippen LogP contribution in [0.5, 0.6) is 11.5 Å². The maximum atomic E-state index is 11.9. The molecule has 1 N–H and O–H groups in total. The van der Waals surface area contributed by atoms with Gasteiger partial charge < -0.3 is 19.5 Å². The number of nitrogens with one attached hydrogen (secondary N) is 1. The summed E-state index contributed by atoms with van der Waals surface area (Å²) < 4.78 is 15.8. The first-order chi connectivity index (χ1) is 9.55. The predicted molar refractivity (Wildman–Crippen MR) is 77.2 cm³/mol. The van der Waals surface area contributed by atoms with E-state index in [0.29, 0.717) is 25.4 Å². The lowest BCUT2D eigenvalue weighted by atomic mass is 9.99. The summed E-state index contributed by atoms with van der Waals surface area (Å²) in [5.74, 6) is 1.19. The average molecular weight is 281 g/mol. The molecule has 0 saturated heterocycles. The molecule has 0 fully saturated rings. The lowest BCUT2D eigenvalue weighted by Crippen LogP contribution is -2.49. The zero-order valence-corrected chi connectivity index (χ0v) is 12.6. The number of likely N-dealkylation sites (N-methyl/N-ethyl adjacent to an activating group) is 1. The van der Waals surface area contributed by atoms with E-state index in [1.807, 2.05) is 18.2 Å². The van der Waals surface area contributed by atoms with Crippen molar-refractivity contribution in [2.24, 2.45) is 0 Å². The smallest absolute Gasteiger partial charge is 0.326 e. The van der Waals surface area contributed by atoms with Crippen LogP contribution in [0.15, 0.2) is 24.3 Å². The van der Waals surface area contributed by atoms with Crippen molar-refractivity contribution in [1.29, 1.82) is 0 Å². The van der Waals surface area contributed by atoms with Gasteiger partial charge in [0.2, 0.25) is 0 Å². The number of rotatable bonds is 8. The molecule has 0 aliphatic carbocycles. The lowest BCUT2D eigenvalue weighted by Gasteiger charge is -2.26. The first-order valence-electron chi connectivity index (χ1n) is 6.68. The van der Waals surface area contributed by atoms with Crippen molar-refractivity contribution in [3.63, 3.8) is 0 Å². The van der Waals surface area contributed by atoms with Crippen LogP contribution < -0.4 is 14.8 Å². The molecule has 112 valence electrons. The number of methoxy groups -OCH3 is 1. The lowest BCUT2D eigenvalue weighted by molar-refractivity contribution is -0.150. The van der Waals surface area contributed by atoms with E-state index in [1.54, 1.807) is 34.1 Å². The zero-order valence-electron chi connectivity index (χ0n) is 12.6. The van der Waals surface area contributed by atoms with Crippen LogP contribution in [0.4, 0.5) is 0 Å². The third kappa shape index (κ3) is 4.42. The molecular weight excluding hydrogens is 258 g/mol. The van der Waals surface area contributed by atoms with E-state index in [1.165, 1.54) is 0 Å². The van der Waals surface area contributed by atoms with Gasteiger partial charge in [0.25, 0.3) is 0 Å². The van der Waals surface area contributed by atoms with Gasteiger partial charge in [0.1, 0.15) is 17.0 Å². The van der Waals surface area contributed by atoms with Crippen molar-refractivity contribution in [3.8, 4) is 11.5 Å². The fourth-order valence-corrected chi connectivity index (χ4v) is 1.68. The highest BCUT2D eigenvalue weighted by atomic mass is 16.5. The maximum Gasteiger partial charge on any atom is 0.326 e. The molecule has 1 unspecified atom stereocenters. The molecule has 0 aliphatic rings. The molecule has 5 nitrogen and oxygen atoms in total. The molecule has 0 amide bonds. The molecule has 1 aromatic carbocycles. The van der Waals surface area contributed by atoms with E-state index in [0.717, 1.165) is 5.75 Å². The molecule has 0 aromatic heterocycles. The second kappa shape index (κ2) is 7.75. The Balaban J connectivity index is 2.54. The topological polar surface area (TPSA) is 56.8 Å². The minimum atomic E-state index is -0.741. The summed E-state index contributed by atoms with van der Waals surface area (Å²) in [6.07, 6.45) is 0.513. The number of benzene rings is 1. The van der Waals surface area contributed by atoms with Crippen molar-refractivity contribution < 1.29 is 19.0 Å². The summed E-state index contributed by atoms with van der Waals surface area (Å²) >= 11 is 0. The third-order valence-corrected chi connectivity index (χ3v) is 3.19. The van der Waals surface area contributed by atoms with Gasteiger partial charge in [-0.25, -0.2) is 0 Å². The summed E-state index contributed by atoms with van der Waals surface area (Å²) in [4.78, 5) is 11.9. The molecule has 1 atom stereocenters. The molecule has 0 saturated carbocycles. The minimum absolute atomic E-state index is 0.267. The highest BCUT2D eigenvalue weighted by Crippen LogP contribution is 2.20. The van der Waals surface area contributed by atoms with E-state index in [9.17, 15) is 4.79 Å². The van der Waals surface area contributed by atoms with Crippen molar-refractivity contribution in [2.45, 2.75) is 25.8 Å². The van der Waals surface area contributed by atoms with Gasteiger partial charge in [-0.1, -0.05) is 6.07 Å². The maximum absolute atomic E-state index is 11.9. The van der Waals surface area contributed by atoms with E-state index in [-0.39, 0.29) is 5.97 Å². The van der Waals surface area contributed by atoms with Crippen LogP contribution >= 0.6 is 0 Å². The quantitative estimate of drug-likeness (QED) is 0.739. The van der Waals surface area contributed by atoms with E-state index >= 15 is 0 Å². The summed E-state index contributed by atoms with van der Waals surface area (Å²) in [6, 6.07) is 7.37. The first-order valence-corrected chi connectivity index (χ1v) is 6.68. The van der Waals surface area contributed by atoms with Crippen molar-refractivity contribution in [1.82, 2.24) is 5.32 Å².